The van der Waals surface area contributed by atoms with Gasteiger partial charge in [0.15, 0.2) is 0 Å². The summed E-state index contributed by atoms with van der Waals surface area (Å²) in [5.74, 6) is -0.464. The highest BCUT2D eigenvalue weighted by Gasteiger charge is 2.08. The van der Waals surface area contributed by atoms with Crippen LogP contribution in [0.25, 0.3) is 0 Å². The van der Waals surface area contributed by atoms with Gasteiger partial charge in [0, 0.05) is 12.0 Å². The first kappa shape index (κ1) is 28.4. The van der Waals surface area contributed by atoms with Gasteiger partial charge in [-0.25, -0.2) is 4.39 Å². The van der Waals surface area contributed by atoms with E-state index >= 15 is 0 Å². The third-order valence-corrected chi connectivity index (χ3v) is 2.84. The number of carbonyl (C=O) groups excluding carboxylic acids is 1. The summed E-state index contributed by atoms with van der Waals surface area (Å²) < 4.78 is 18.5. The van der Waals surface area contributed by atoms with E-state index in [1.54, 1.807) is 19.1 Å². The predicted molar refractivity (Wildman–Crippen MR) is 114 cm³/mol. The van der Waals surface area contributed by atoms with E-state index in [4.69, 9.17) is 0 Å². The van der Waals surface area contributed by atoms with Gasteiger partial charge in [-0.05, 0) is 37.5 Å². The van der Waals surface area contributed by atoms with Gasteiger partial charge in [-0.1, -0.05) is 70.4 Å². The minimum absolute atomic E-state index is 0.204. The summed E-state index contributed by atoms with van der Waals surface area (Å²) in [5.41, 5.74) is 3.02. The molecule has 0 radical (unpaired) electrons. The van der Waals surface area contributed by atoms with Gasteiger partial charge in [-0.3, -0.25) is 4.79 Å². The highest BCUT2D eigenvalue weighted by molar-refractivity contribution is 5.50. The van der Waals surface area contributed by atoms with Crippen molar-refractivity contribution in [2.24, 2.45) is 0 Å². The summed E-state index contributed by atoms with van der Waals surface area (Å²) in [7, 11) is 0. The lowest BCUT2D eigenvalue weighted by Gasteiger charge is -2.11. The van der Waals surface area contributed by atoms with Crippen molar-refractivity contribution in [1.29, 1.82) is 0 Å². The Bertz CT molecular complexity index is 549. The maximum atomic E-state index is 13.9. The van der Waals surface area contributed by atoms with Gasteiger partial charge < -0.3 is 4.74 Å². The van der Waals surface area contributed by atoms with Gasteiger partial charge in [-0.15, -0.1) is 6.58 Å². The smallest absolute Gasteiger partial charge is 0.293 e. The molecule has 0 fully saturated rings. The van der Waals surface area contributed by atoms with Crippen LogP contribution in [0.1, 0.15) is 47.5 Å². The van der Waals surface area contributed by atoms with Crippen LogP contribution in [0.2, 0.25) is 0 Å². The number of carbonyl (C=O) groups is 1. The van der Waals surface area contributed by atoms with Crippen LogP contribution in [0.3, 0.4) is 0 Å². The van der Waals surface area contributed by atoms with Crippen molar-refractivity contribution in [3.63, 3.8) is 0 Å². The van der Waals surface area contributed by atoms with Crippen LogP contribution in [0.15, 0.2) is 84.8 Å². The molecule has 0 aliphatic rings. The Morgan fingerprint density at radius 2 is 1.62 bits per heavy atom. The first-order valence-electron chi connectivity index (χ1n) is 8.67. The van der Waals surface area contributed by atoms with Gasteiger partial charge in [0.25, 0.3) is 6.47 Å². The summed E-state index contributed by atoms with van der Waals surface area (Å²) in [6.45, 7) is 28.7. The fraction of sp³-hybridized carbons (Fsp3) is 0.348. The van der Waals surface area contributed by atoms with Gasteiger partial charge >= 0.3 is 0 Å². The molecule has 2 nitrogen and oxygen atoms in total. The standard InChI is InChI=1S/C18H23FO2.C3H6.C2H6/c1-7-14(4)17(8-9-21-12-20)11-15(5)16(6)18(19)10-13(2)3;1-3-2;1-2/h10-12H,2,4-9H2,1,3H3;3H,1H2,2H3;1-2H3/b17-11-,18-10+;;. The van der Waals surface area contributed by atoms with Crippen molar-refractivity contribution in [3.05, 3.63) is 84.8 Å². The van der Waals surface area contributed by atoms with Crippen LogP contribution < -0.4 is 0 Å². The molecular weight excluding hydrogens is 327 g/mol. The molecule has 0 atom stereocenters. The average Bonchev–Trinajstić information content (AvgIpc) is 2.61. The van der Waals surface area contributed by atoms with Gasteiger partial charge in [-0.2, -0.15) is 0 Å². The molecule has 146 valence electrons. The molecule has 3 heteroatoms. The molecule has 0 bridgehead atoms. The maximum Gasteiger partial charge on any atom is 0.293 e. The summed E-state index contributed by atoms with van der Waals surface area (Å²) in [6, 6.07) is 0. The fourth-order valence-electron chi connectivity index (χ4n) is 1.55. The second-order valence-corrected chi connectivity index (χ2v) is 5.09. The van der Waals surface area contributed by atoms with Gasteiger partial charge in [0.2, 0.25) is 0 Å². The average molecular weight is 363 g/mol. The van der Waals surface area contributed by atoms with E-state index in [2.05, 4.69) is 37.6 Å². The van der Waals surface area contributed by atoms with Crippen LogP contribution in [0.4, 0.5) is 4.39 Å². The Morgan fingerprint density at radius 3 is 2.00 bits per heavy atom. The Balaban J connectivity index is -0.000000950. The Kier molecular flexibility index (Phi) is 20.6. The summed E-state index contributed by atoms with van der Waals surface area (Å²) in [5, 5.41) is 0. The van der Waals surface area contributed by atoms with Gasteiger partial charge in [0.05, 0.1) is 6.61 Å². The second-order valence-electron chi connectivity index (χ2n) is 5.09. The highest BCUT2D eigenvalue weighted by atomic mass is 19.1. The molecule has 0 N–H and O–H groups in total. The molecule has 0 spiro atoms. The van der Waals surface area contributed by atoms with Crippen LogP contribution in [-0.2, 0) is 9.53 Å². The molecule has 0 saturated heterocycles. The summed E-state index contributed by atoms with van der Waals surface area (Å²) in [4.78, 5) is 10.2. The third kappa shape index (κ3) is 15.1. The molecule has 0 saturated carbocycles. The van der Waals surface area contributed by atoms with E-state index in [1.807, 2.05) is 27.7 Å². The van der Waals surface area contributed by atoms with E-state index in [0.29, 0.717) is 24.0 Å². The van der Waals surface area contributed by atoms with Crippen LogP contribution in [-0.4, -0.2) is 13.1 Å². The van der Waals surface area contributed by atoms with Crippen molar-refractivity contribution in [2.45, 2.75) is 47.5 Å². The van der Waals surface area contributed by atoms with Crippen molar-refractivity contribution >= 4 is 6.47 Å². The monoisotopic (exact) mass is 362 g/mol. The molecule has 0 aliphatic carbocycles. The molecule has 0 aromatic heterocycles. The number of halogens is 1. The second kappa shape index (κ2) is 18.9. The fourth-order valence-corrected chi connectivity index (χ4v) is 1.55. The molecule has 0 aromatic rings. The van der Waals surface area contributed by atoms with E-state index < -0.39 is 5.83 Å². The largest absolute Gasteiger partial charge is 0.468 e. The molecule has 0 unspecified atom stereocenters. The minimum Gasteiger partial charge on any atom is -0.468 e. The SMILES string of the molecule is C=C(C)/C=C(/F)C(=C)C(=C)/C=C(/CCOC=O)C(=C)CC.C=CC.CC. The predicted octanol–water partition coefficient (Wildman–Crippen LogP) is 7.20. The van der Waals surface area contributed by atoms with Crippen molar-refractivity contribution < 1.29 is 13.9 Å². The topological polar surface area (TPSA) is 26.3 Å². The van der Waals surface area contributed by atoms with Crippen LogP contribution >= 0.6 is 0 Å². The van der Waals surface area contributed by atoms with Crippen molar-refractivity contribution in [3.8, 4) is 0 Å². The quantitative estimate of drug-likeness (QED) is 0.178. The number of hydrogen-bond donors (Lipinski definition) is 0. The summed E-state index contributed by atoms with van der Waals surface area (Å²) >= 11 is 0. The Labute approximate surface area is 159 Å². The summed E-state index contributed by atoms with van der Waals surface area (Å²) in [6.07, 6.45) is 6.04. The number of rotatable bonds is 10. The van der Waals surface area contributed by atoms with E-state index in [9.17, 15) is 9.18 Å². The zero-order valence-electron chi connectivity index (χ0n) is 17.2. The lowest BCUT2D eigenvalue weighted by molar-refractivity contribution is -0.128. The van der Waals surface area contributed by atoms with E-state index in [0.717, 1.165) is 17.6 Å². The zero-order valence-corrected chi connectivity index (χ0v) is 17.2. The highest BCUT2D eigenvalue weighted by Crippen LogP contribution is 2.24. The first-order chi connectivity index (χ1) is 12.2. The Morgan fingerprint density at radius 1 is 1.12 bits per heavy atom. The number of ether oxygens (including phenoxy) is 1. The normalized spacial score (nSPS) is 10.2. The molecular formula is C23H35FO2. The van der Waals surface area contributed by atoms with Crippen molar-refractivity contribution in [1.82, 2.24) is 0 Å². The van der Waals surface area contributed by atoms with Crippen LogP contribution in [0.5, 0.6) is 0 Å². The van der Waals surface area contributed by atoms with E-state index in [1.165, 1.54) is 6.08 Å². The van der Waals surface area contributed by atoms with Crippen LogP contribution in [0, 0.1) is 0 Å². The molecule has 26 heavy (non-hydrogen) atoms. The lowest BCUT2D eigenvalue weighted by Crippen LogP contribution is -1.98. The van der Waals surface area contributed by atoms with Gasteiger partial charge in [0.1, 0.15) is 5.83 Å². The molecule has 0 rings (SSSR count). The lowest BCUT2D eigenvalue weighted by atomic mass is 9.97. The minimum atomic E-state index is -0.464. The first-order valence-corrected chi connectivity index (χ1v) is 8.67. The third-order valence-electron chi connectivity index (χ3n) is 2.84. The molecule has 0 amide bonds. The number of allylic oxidation sites excluding steroid dienone is 8. The Hall–Kier alpha value is -2.42. The molecule has 0 aliphatic heterocycles. The van der Waals surface area contributed by atoms with Crippen molar-refractivity contribution in [2.75, 3.05) is 6.61 Å². The number of hydrogen-bond acceptors (Lipinski definition) is 2. The maximum absolute atomic E-state index is 13.9. The van der Waals surface area contributed by atoms with E-state index in [-0.39, 0.29) is 12.2 Å². The zero-order chi connectivity index (χ0) is 21.1. The molecule has 0 aromatic carbocycles. The molecule has 0 heterocycles.